The molecule has 0 spiro atoms. The van der Waals surface area contributed by atoms with E-state index in [9.17, 15) is 0 Å². The van der Waals surface area contributed by atoms with Crippen molar-refractivity contribution in [1.29, 1.82) is 0 Å². The van der Waals surface area contributed by atoms with Gasteiger partial charge in [-0.05, 0) is 47.5 Å². The summed E-state index contributed by atoms with van der Waals surface area (Å²) in [5.41, 5.74) is 0. The van der Waals surface area contributed by atoms with Crippen molar-refractivity contribution in [3.8, 4) is 0 Å². The predicted octanol–water partition coefficient (Wildman–Crippen LogP) is 5.56. The Bertz CT molecular complexity index is 543. The first-order valence-corrected chi connectivity index (χ1v) is 8.93. The van der Waals surface area contributed by atoms with Crippen LogP contribution in [0.25, 0.3) is 20.2 Å². The summed E-state index contributed by atoms with van der Waals surface area (Å²) < 4.78 is 5.61. The van der Waals surface area contributed by atoms with Gasteiger partial charge >= 0.3 is 0 Å². The molecule has 0 fully saturated rings. The van der Waals surface area contributed by atoms with E-state index in [1.165, 1.54) is 28.6 Å². The molecule has 0 atom stereocenters. The molecule has 3 aromatic rings. The van der Waals surface area contributed by atoms with E-state index in [4.69, 9.17) is 0 Å². The Balaban J connectivity index is 2.28. The van der Waals surface area contributed by atoms with Crippen LogP contribution >= 0.6 is 46.2 Å². The molecule has 0 aliphatic heterocycles. The molecule has 0 aliphatic carbocycles. The maximum atomic E-state index is 2.32. The topological polar surface area (TPSA) is 0 Å². The predicted molar refractivity (Wildman–Crippen MR) is 80.8 cm³/mol. The second kappa shape index (κ2) is 4.26. The van der Waals surface area contributed by atoms with Crippen LogP contribution in [0.2, 0.25) is 0 Å². The molecule has 0 saturated heterocycles. The molecule has 0 saturated carbocycles. The SMILES string of the molecule is CSc1cc2cc3sc(SC)cc3cc2s1. The van der Waals surface area contributed by atoms with Crippen LogP contribution in [0.15, 0.2) is 32.7 Å². The summed E-state index contributed by atoms with van der Waals surface area (Å²) in [6.45, 7) is 0. The van der Waals surface area contributed by atoms with Crippen LogP contribution in [0.5, 0.6) is 0 Å². The Morgan fingerprint density at radius 2 is 1.19 bits per heavy atom. The molecule has 16 heavy (non-hydrogen) atoms. The van der Waals surface area contributed by atoms with Gasteiger partial charge in [0.15, 0.2) is 0 Å². The van der Waals surface area contributed by atoms with Gasteiger partial charge in [-0.15, -0.1) is 46.2 Å². The summed E-state index contributed by atoms with van der Waals surface area (Å²) in [5.74, 6) is 0. The Morgan fingerprint density at radius 1 is 0.750 bits per heavy atom. The minimum Gasteiger partial charge on any atom is -0.129 e. The van der Waals surface area contributed by atoms with Gasteiger partial charge in [0.2, 0.25) is 0 Å². The summed E-state index contributed by atoms with van der Waals surface area (Å²) in [5, 5.41) is 2.77. The molecule has 0 bridgehead atoms. The van der Waals surface area contributed by atoms with Crippen LogP contribution in [-0.4, -0.2) is 12.5 Å². The standard InChI is InChI=1S/C12H10S4/c1-13-11-5-7-3-10-8(4-9(7)15-11)6-12(14-2)16-10/h3-6H,1-2H3. The molecule has 2 heterocycles. The van der Waals surface area contributed by atoms with Crippen molar-refractivity contribution in [3.05, 3.63) is 24.3 Å². The van der Waals surface area contributed by atoms with Crippen molar-refractivity contribution in [3.63, 3.8) is 0 Å². The van der Waals surface area contributed by atoms with Gasteiger partial charge in [0.1, 0.15) is 0 Å². The summed E-state index contributed by atoms with van der Waals surface area (Å²) in [6, 6.07) is 9.24. The third-order valence-corrected chi connectivity index (χ3v) is 6.84. The van der Waals surface area contributed by atoms with Gasteiger partial charge in [-0.3, -0.25) is 0 Å². The van der Waals surface area contributed by atoms with Gasteiger partial charge in [0.25, 0.3) is 0 Å². The quantitative estimate of drug-likeness (QED) is 0.564. The highest BCUT2D eigenvalue weighted by Gasteiger charge is 2.06. The highest BCUT2D eigenvalue weighted by Crippen LogP contribution is 2.38. The third kappa shape index (κ3) is 1.78. The zero-order valence-electron chi connectivity index (χ0n) is 8.94. The molecule has 1 aromatic carbocycles. The molecule has 0 amide bonds. The lowest BCUT2D eigenvalue weighted by Crippen LogP contribution is -1.62. The number of thioether (sulfide) groups is 2. The van der Waals surface area contributed by atoms with E-state index in [1.807, 2.05) is 46.2 Å². The lowest BCUT2D eigenvalue weighted by Gasteiger charge is -1.89. The number of hydrogen-bond acceptors (Lipinski definition) is 4. The fourth-order valence-corrected chi connectivity index (χ4v) is 5.07. The van der Waals surface area contributed by atoms with Gasteiger partial charge in [0, 0.05) is 9.40 Å². The third-order valence-electron chi connectivity index (χ3n) is 2.51. The maximum absolute atomic E-state index is 2.32. The van der Waals surface area contributed by atoms with Gasteiger partial charge < -0.3 is 0 Å². The molecule has 3 rings (SSSR count). The molecule has 82 valence electrons. The molecule has 0 aliphatic rings. The van der Waals surface area contributed by atoms with Crippen molar-refractivity contribution >= 4 is 66.4 Å². The van der Waals surface area contributed by atoms with E-state index < -0.39 is 0 Å². The molecular formula is C12H10S4. The number of rotatable bonds is 2. The Labute approximate surface area is 111 Å². The van der Waals surface area contributed by atoms with Crippen molar-refractivity contribution < 1.29 is 0 Å². The Morgan fingerprint density at radius 3 is 1.56 bits per heavy atom. The summed E-state index contributed by atoms with van der Waals surface area (Å²) >= 11 is 7.44. The summed E-state index contributed by atoms with van der Waals surface area (Å²) in [4.78, 5) is 0. The van der Waals surface area contributed by atoms with Crippen LogP contribution in [0, 0.1) is 0 Å². The molecular weight excluding hydrogens is 272 g/mol. The van der Waals surface area contributed by atoms with Crippen LogP contribution in [0.1, 0.15) is 0 Å². The fourth-order valence-electron chi connectivity index (χ4n) is 1.72. The summed E-state index contributed by atoms with van der Waals surface area (Å²) in [7, 11) is 0. The Hall–Kier alpha value is -0.160. The lowest BCUT2D eigenvalue weighted by atomic mass is 10.2. The Kier molecular flexibility index (Phi) is 2.92. The zero-order valence-corrected chi connectivity index (χ0v) is 12.2. The van der Waals surface area contributed by atoms with Crippen molar-refractivity contribution in [2.75, 3.05) is 12.5 Å². The smallest absolute Gasteiger partial charge is 0.0608 e. The van der Waals surface area contributed by atoms with Crippen LogP contribution in [-0.2, 0) is 0 Å². The van der Waals surface area contributed by atoms with E-state index in [0.717, 1.165) is 0 Å². The first-order valence-electron chi connectivity index (χ1n) is 4.85. The van der Waals surface area contributed by atoms with Gasteiger partial charge in [-0.1, -0.05) is 0 Å². The second-order valence-corrected chi connectivity index (χ2v) is 7.85. The van der Waals surface area contributed by atoms with Crippen molar-refractivity contribution in [1.82, 2.24) is 0 Å². The summed E-state index contributed by atoms with van der Waals surface area (Å²) in [6.07, 6.45) is 4.28. The molecule has 4 heteroatoms. The molecule has 0 radical (unpaired) electrons. The number of hydrogen-bond donors (Lipinski definition) is 0. The van der Waals surface area contributed by atoms with Crippen molar-refractivity contribution in [2.45, 2.75) is 8.42 Å². The van der Waals surface area contributed by atoms with E-state index in [2.05, 4.69) is 36.8 Å². The average Bonchev–Trinajstić information content (AvgIpc) is 2.86. The van der Waals surface area contributed by atoms with Crippen LogP contribution < -0.4 is 0 Å². The first kappa shape index (κ1) is 11.0. The largest absolute Gasteiger partial charge is 0.129 e. The molecule has 0 unspecified atom stereocenters. The normalized spacial score (nSPS) is 11.6. The van der Waals surface area contributed by atoms with E-state index in [0.29, 0.717) is 0 Å². The van der Waals surface area contributed by atoms with Gasteiger partial charge in [0.05, 0.1) is 8.42 Å². The van der Waals surface area contributed by atoms with Crippen LogP contribution in [0.3, 0.4) is 0 Å². The fraction of sp³-hybridized carbons (Fsp3) is 0.167. The first-order chi connectivity index (χ1) is 7.80. The monoisotopic (exact) mass is 282 g/mol. The maximum Gasteiger partial charge on any atom is 0.0608 e. The van der Waals surface area contributed by atoms with Crippen molar-refractivity contribution in [2.24, 2.45) is 0 Å². The van der Waals surface area contributed by atoms with E-state index in [-0.39, 0.29) is 0 Å². The average molecular weight is 282 g/mol. The van der Waals surface area contributed by atoms with E-state index in [1.54, 1.807) is 0 Å². The van der Waals surface area contributed by atoms with Gasteiger partial charge in [-0.2, -0.15) is 0 Å². The molecule has 0 nitrogen and oxygen atoms in total. The lowest BCUT2D eigenvalue weighted by molar-refractivity contribution is 1.78. The van der Waals surface area contributed by atoms with Gasteiger partial charge in [-0.25, -0.2) is 0 Å². The number of benzene rings is 1. The van der Waals surface area contributed by atoms with Crippen LogP contribution in [0.4, 0.5) is 0 Å². The highest BCUT2D eigenvalue weighted by atomic mass is 32.2. The molecule has 0 N–H and O–H groups in total. The zero-order chi connectivity index (χ0) is 11.1. The number of fused-ring (bicyclic) bond motifs is 2. The number of thiophene rings is 2. The highest BCUT2D eigenvalue weighted by molar-refractivity contribution is 8.00. The second-order valence-electron chi connectivity index (χ2n) is 3.47. The van der Waals surface area contributed by atoms with E-state index >= 15 is 0 Å². The minimum atomic E-state index is 1.39. The minimum absolute atomic E-state index is 1.39. The molecule has 2 aromatic heterocycles.